The van der Waals surface area contributed by atoms with Gasteiger partial charge in [0.25, 0.3) is 5.69 Å². The first-order valence-corrected chi connectivity index (χ1v) is 7.15. The van der Waals surface area contributed by atoms with Crippen LogP contribution < -0.4 is 5.32 Å². The fraction of sp³-hybridized carbons (Fsp3) is 0.538. The molecule has 1 aromatic rings. The third kappa shape index (κ3) is 6.13. The van der Waals surface area contributed by atoms with Crippen LogP contribution in [0.2, 0.25) is 0 Å². The average Bonchev–Trinajstić information content (AvgIpc) is 2.39. The lowest BCUT2D eigenvalue weighted by molar-refractivity contribution is -0.385. The van der Waals surface area contributed by atoms with Crippen LogP contribution in [0.3, 0.4) is 0 Å². The number of hydrogen-bond donors (Lipinski definition) is 1. The Bertz CT molecular complexity index is 413. The minimum Gasteiger partial charge on any atom is -0.380 e. The van der Waals surface area contributed by atoms with Crippen LogP contribution in [0, 0.1) is 10.1 Å². The van der Waals surface area contributed by atoms with Crippen LogP contribution in [-0.2, 0) is 11.3 Å². The van der Waals surface area contributed by atoms with E-state index in [1.54, 1.807) is 12.1 Å². The number of halogens is 1. The average molecular weight is 331 g/mol. The van der Waals surface area contributed by atoms with Crippen LogP contribution >= 0.6 is 15.9 Å². The van der Waals surface area contributed by atoms with Crippen molar-refractivity contribution in [2.45, 2.75) is 26.3 Å². The van der Waals surface area contributed by atoms with Crippen molar-refractivity contribution in [1.82, 2.24) is 5.32 Å². The SMILES string of the molecule is CCCCOCCNCc1ccc(Br)c([N+](=O)[O-])c1. The van der Waals surface area contributed by atoms with Crippen molar-refractivity contribution in [2.24, 2.45) is 0 Å². The zero-order valence-corrected chi connectivity index (χ0v) is 12.6. The van der Waals surface area contributed by atoms with E-state index < -0.39 is 0 Å². The summed E-state index contributed by atoms with van der Waals surface area (Å²) in [5, 5.41) is 14.0. The van der Waals surface area contributed by atoms with E-state index in [0.29, 0.717) is 17.6 Å². The molecule has 0 aromatic heterocycles. The van der Waals surface area contributed by atoms with Gasteiger partial charge in [-0.3, -0.25) is 10.1 Å². The van der Waals surface area contributed by atoms with Crippen LogP contribution in [0.5, 0.6) is 0 Å². The summed E-state index contributed by atoms with van der Waals surface area (Å²) in [4.78, 5) is 10.4. The third-order valence-electron chi connectivity index (χ3n) is 2.60. The van der Waals surface area contributed by atoms with Gasteiger partial charge in [0.05, 0.1) is 16.0 Å². The molecule has 6 heteroatoms. The molecule has 1 N–H and O–H groups in total. The molecule has 0 amide bonds. The van der Waals surface area contributed by atoms with Gasteiger partial charge in [0.15, 0.2) is 0 Å². The molecule has 0 aliphatic rings. The second kappa shape index (κ2) is 9.01. The molecule has 0 saturated carbocycles. The summed E-state index contributed by atoms with van der Waals surface area (Å²) in [6, 6.07) is 5.14. The summed E-state index contributed by atoms with van der Waals surface area (Å²) >= 11 is 3.17. The summed E-state index contributed by atoms with van der Waals surface area (Å²) in [6.07, 6.45) is 2.22. The van der Waals surface area contributed by atoms with Crippen molar-refractivity contribution in [3.63, 3.8) is 0 Å². The molecule has 0 unspecified atom stereocenters. The van der Waals surface area contributed by atoms with E-state index >= 15 is 0 Å². The Balaban J connectivity index is 2.30. The van der Waals surface area contributed by atoms with Gasteiger partial charge in [-0.05, 0) is 34.0 Å². The first-order valence-electron chi connectivity index (χ1n) is 6.36. The van der Waals surface area contributed by atoms with Gasteiger partial charge in [0.1, 0.15) is 0 Å². The van der Waals surface area contributed by atoms with Gasteiger partial charge in [-0.15, -0.1) is 0 Å². The smallest absolute Gasteiger partial charge is 0.283 e. The molecule has 0 atom stereocenters. The number of rotatable bonds is 9. The van der Waals surface area contributed by atoms with E-state index in [9.17, 15) is 10.1 Å². The van der Waals surface area contributed by atoms with Crippen molar-refractivity contribution in [3.8, 4) is 0 Å². The summed E-state index contributed by atoms with van der Waals surface area (Å²) in [5.74, 6) is 0. The van der Waals surface area contributed by atoms with E-state index in [2.05, 4.69) is 28.2 Å². The van der Waals surface area contributed by atoms with Crippen molar-refractivity contribution >= 4 is 21.6 Å². The molecule has 106 valence electrons. The number of ether oxygens (including phenoxy) is 1. The molecule has 1 rings (SSSR count). The van der Waals surface area contributed by atoms with Crippen LogP contribution in [0.15, 0.2) is 22.7 Å². The van der Waals surface area contributed by atoms with E-state index in [4.69, 9.17) is 4.74 Å². The predicted molar refractivity (Wildman–Crippen MR) is 78.2 cm³/mol. The highest BCUT2D eigenvalue weighted by atomic mass is 79.9. The summed E-state index contributed by atoms with van der Waals surface area (Å²) in [6.45, 7) is 4.93. The van der Waals surface area contributed by atoms with Crippen LogP contribution in [0.1, 0.15) is 25.3 Å². The van der Waals surface area contributed by atoms with Gasteiger partial charge in [-0.2, -0.15) is 0 Å². The predicted octanol–water partition coefficient (Wildman–Crippen LogP) is 3.26. The Morgan fingerprint density at radius 1 is 1.42 bits per heavy atom. The van der Waals surface area contributed by atoms with Gasteiger partial charge >= 0.3 is 0 Å². The van der Waals surface area contributed by atoms with Crippen LogP contribution in [-0.4, -0.2) is 24.7 Å². The van der Waals surface area contributed by atoms with Gasteiger partial charge in [-0.1, -0.05) is 19.4 Å². The van der Waals surface area contributed by atoms with E-state index in [-0.39, 0.29) is 10.6 Å². The standard InChI is InChI=1S/C13H19BrN2O3/c1-2-3-7-19-8-6-15-10-11-4-5-12(14)13(9-11)16(17)18/h4-5,9,15H,2-3,6-8,10H2,1H3. The summed E-state index contributed by atoms with van der Waals surface area (Å²) < 4.78 is 5.92. The topological polar surface area (TPSA) is 64.4 Å². The monoisotopic (exact) mass is 330 g/mol. The molecular weight excluding hydrogens is 312 g/mol. The van der Waals surface area contributed by atoms with Gasteiger partial charge in [0, 0.05) is 25.8 Å². The van der Waals surface area contributed by atoms with Crippen LogP contribution in [0.25, 0.3) is 0 Å². The number of nitrogens with zero attached hydrogens (tertiary/aromatic N) is 1. The van der Waals surface area contributed by atoms with Crippen molar-refractivity contribution < 1.29 is 9.66 Å². The van der Waals surface area contributed by atoms with Gasteiger partial charge in [0.2, 0.25) is 0 Å². The minimum absolute atomic E-state index is 0.0958. The highest BCUT2D eigenvalue weighted by Crippen LogP contribution is 2.25. The van der Waals surface area contributed by atoms with E-state index in [1.807, 2.05) is 6.07 Å². The zero-order chi connectivity index (χ0) is 14.1. The Kier molecular flexibility index (Phi) is 7.62. The quantitative estimate of drug-likeness (QED) is 0.428. The van der Waals surface area contributed by atoms with Crippen molar-refractivity contribution in [1.29, 1.82) is 0 Å². The lowest BCUT2D eigenvalue weighted by Crippen LogP contribution is -2.19. The van der Waals surface area contributed by atoms with Crippen LogP contribution in [0.4, 0.5) is 5.69 Å². The number of hydrogen-bond acceptors (Lipinski definition) is 4. The molecular formula is C13H19BrN2O3. The lowest BCUT2D eigenvalue weighted by atomic mass is 10.2. The minimum atomic E-state index is -0.387. The second-order valence-electron chi connectivity index (χ2n) is 4.19. The molecule has 0 aliphatic heterocycles. The molecule has 0 aliphatic carbocycles. The van der Waals surface area contributed by atoms with Crippen molar-refractivity contribution in [3.05, 3.63) is 38.3 Å². The largest absolute Gasteiger partial charge is 0.380 e. The second-order valence-corrected chi connectivity index (χ2v) is 5.04. The molecule has 0 spiro atoms. The first-order chi connectivity index (χ1) is 9.15. The fourth-order valence-electron chi connectivity index (χ4n) is 1.53. The highest BCUT2D eigenvalue weighted by Gasteiger charge is 2.11. The Morgan fingerprint density at radius 3 is 2.89 bits per heavy atom. The Morgan fingerprint density at radius 2 is 2.21 bits per heavy atom. The molecule has 19 heavy (non-hydrogen) atoms. The normalized spacial score (nSPS) is 10.6. The third-order valence-corrected chi connectivity index (χ3v) is 3.27. The highest BCUT2D eigenvalue weighted by molar-refractivity contribution is 9.10. The number of nitro groups is 1. The van der Waals surface area contributed by atoms with Gasteiger partial charge < -0.3 is 10.1 Å². The molecule has 5 nitrogen and oxygen atoms in total. The number of nitrogens with one attached hydrogen (secondary N) is 1. The maximum atomic E-state index is 10.8. The molecule has 0 bridgehead atoms. The molecule has 0 saturated heterocycles. The summed E-state index contributed by atoms with van der Waals surface area (Å²) in [5.41, 5.74) is 0.988. The lowest BCUT2D eigenvalue weighted by Gasteiger charge is -2.06. The molecule has 1 aromatic carbocycles. The number of benzene rings is 1. The van der Waals surface area contributed by atoms with E-state index in [0.717, 1.165) is 31.6 Å². The first kappa shape index (κ1) is 16.1. The Labute approximate surface area is 121 Å². The Hall–Kier alpha value is -0.980. The fourth-order valence-corrected chi connectivity index (χ4v) is 1.93. The maximum Gasteiger partial charge on any atom is 0.283 e. The summed E-state index contributed by atoms with van der Waals surface area (Å²) in [7, 11) is 0. The van der Waals surface area contributed by atoms with Gasteiger partial charge in [-0.25, -0.2) is 0 Å². The molecule has 0 fully saturated rings. The van der Waals surface area contributed by atoms with E-state index in [1.165, 1.54) is 0 Å². The van der Waals surface area contributed by atoms with Crippen molar-refractivity contribution in [2.75, 3.05) is 19.8 Å². The number of nitro benzene ring substituents is 1. The molecule has 0 radical (unpaired) electrons. The molecule has 0 heterocycles. The number of unbranched alkanes of at least 4 members (excludes halogenated alkanes) is 1. The zero-order valence-electron chi connectivity index (χ0n) is 11.0. The maximum absolute atomic E-state index is 10.8.